The van der Waals surface area contributed by atoms with Gasteiger partial charge < -0.3 is 10.1 Å². The Morgan fingerprint density at radius 2 is 1.94 bits per heavy atom. The first-order chi connectivity index (χ1) is 8.08. The van der Waals surface area contributed by atoms with Gasteiger partial charge in [0.2, 0.25) is 5.91 Å². The van der Waals surface area contributed by atoms with Crippen molar-refractivity contribution in [1.82, 2.24) is 8.75 Å². The number of hydrogen-bond donors (Lipinski definition) is 1. The van der Waals surface area contributed by atoms with Crippen molar-refractivity contribution in [3.8, 4) is 5.75 Å². The van der Waals surface area contributed by atoms with E-state index in [4.69, 9.17) is 4.74 Å². The SMILES string of the molecule is CC(=O)Nc1ccc(OC(C)=O)c2nsnc12. The van der Waals surface area contributed by atoms with Crippen molar-refractivity contribution in [2.75, 3.05) is 5.32 Å². The number of carbonyl (C=O) groups is 2. The van der Waals surface area contributed by atoms with Crippen LogP contribution in [0.15, 0.2) is 12.1 Å². The van der Waals surface area contributed by atoms with Crippen LogP contribution in [0.4, 0.5) is 5.69 Å². The summed E-state index contributed by atoms with van der Waals surface area (Å²) in [6, 6.07) is 3.21. The van der Waals surface area contributed by atoms with Gasteiger partial charge in [0.25, 0.3) is 0 Å². The van der Waals surface area contributed by atoms with Crippen LogP contribution in [-0.4, -0.2) is 20.6 Å². The van der Waals surface area contributed by atoms with Crippen molar-refractivity contribution >= 4 is 40.3 Å². The third kappa shape index (κ3) is 2.39. The molecule has 0 saturated heterocycles. The number of esters is 1. The number of ether oxygens (including phenoxy) is 1. The molecule has 7 heteroatoms. The Labute approximate surface area is 101 Å². The predicted octanol–water partition coefficient (Wildman–Crippen LogP) is 1.57. The summed E-state index contributed by atoms with van der Waals surface area (Å²) >= 11 is 0.993. The molecule has 1 heterocycles. The second kappa shape index (κ2) is 4.46. The van der Waals surface area contributed by atoms with Crippen LogP contribution in [0.1, 0.15) is 13.8 Å². The van der Waals surface area contributed by atoms with Crippen molar-refractivity contribution in [3.63, 3.8) is 0 Å². The summed E-state index contributed by atoms with van der Waals surface area (Å²) in [5.74, 6) is -0.276. The maximum absolute atomic E-state index is 11.0. The molecule has 0 unspecified atom stereocenters. The number of anilines is 1. The van der Waals surface area contributed by atoms with Crippen LogP contribution < -0.4 is 10.1 Å². The number of amides is 1. The average Bonchev–Trinajstić information content (AvgIpc) is 2.69. The molecular weight excluding hydrogens is 242 g/mol. The fourth-order valence-electron chi connectivity index (χ4n) is 1.37. The van der Waals surface area contributed by atoms with Gasteiger partial charge in [-0.15, -0.1) is 0 Å². The number of nitrogens with one attached hydrogen (secondary N) is 1. The quantitative estimate of drug-likeness (QED) is 0.647. The molecule has 2 rings (SSSR count). The Kier molecular flexibility index (Phi) is 3.01. The Morgan fingerprint density at radius 1 is 1.24 bits per heavy atom. The lowest BCUT2D eigenvalue weighted by atomic mass is 10.2. The molecule has 0 aliphatic carbocycles. The van der Waals surface area contributed by atoms with Crippen LogP contribution in [0.2, 0.25) is 0 Å². The summed E-state index contributed by atoms with van der Waals surface area (Å²) in [4.78, 5) is 21.9. The fourth-order valence-corrected chi connectivity index (χ4v) is 1.94. The van der Waals surface area contributed by atoms with Crippen LogP contribution in [0.3, 0.4) is 0 Å². The molecule has 1 aromatic heterocycles. The molecule has 88 valence electrons. The summed E-state index contributed by atoms with van der Waals surface area (Å²) < 4.78 is 13.1. The van der Waals surface area contributed by atoms with Gasteiger partial charge in [-0.25, -0.2) is 0 Å². The predicted molar refractivity (Wildman–Crippen MR) is 63.0 cm³/mol. The zero-order chi connectivity index (χ0) is 12.4. The summed E-state index contributed by atoms with van der Waals surface area (Å²) in [7, 11) is 0. The number of fused-ring (bicyclic) bond motifs is 1. The zero-order valence-corrected chi connectivity index (χ0v) is 10.00. The van der Waals surface area contributed by atoms with Crippen LogP contribution in [-0.2, 0) is 9.59 Å². The van der Waals surface area contributed by atoms with Crippen molar-refractivity contribution in [2.24, 2.45) is 0 Å². The van der Waals surface area contributed by atoms with E-state index in [-0.39, 0.29) is 5.91 Å². The molecule has 0 saturated carbocycles. The van der Waals surface area contributed by atoms with Crippen molar-refractivity contribution in [2.45, 2.75) is 13.8 Å². The minimum Gasteiger partial charge on any atom is -0.424 e. The summed E-state index contributed by atoms with van der Waals surface area (Å²) in [5.41, 5.74) is 1.54. The van der Waals surface area contributed by atoms with Gasteiger partial charge in [-0.2, -0.15) is 8.75 Å². The van der Waals surface area contributed by atoms with Gasteiger partial charge in [0.05, 0.1) is 17.4 Å². The maximum atomic E-state index is 11.0. The molecule has 0 bridgehead atoms. The fraction of sp³-hybridized carbons (Fsp3) is 0.200. The molecule has 0 fully saturated rings. The number of aromatic nitrogens is 2. The number of carbonyl (C=O) groups excluding carboxylic acids is 2. The minimum atomic E-state index is -0.424. The molecule has 0 radical (unpaired) electrons. The first kappa shape index (κ1) is 11.5. The Morgan fingerprint density at radius 3 is 2.59 bits per heavy atom. The molecule has 2 aromatic rings. The lowest BCUT2D eigenvalue weighted by Crippen LogP contribution is -2.07. The summed E-state index contributed by atoms with van der Waals surface area (Å²) in [5, 5.41) is 2.64. The summed E-state index contributed by atoms with van der Waals surface area (Å²) in [6.45, 7) is 2.72. The van der Waals surface area contributed by atoms with Crippen LogP contribution in [0.5, 0.6) is 5.75 Å². The average molecular weight is 251 g/mol. The monoisotopic (exact) mass is 251 g/mol. The molecule has 6 nitrogen and oxygen atoms in total. The van der Waals surface area contributed by atoms with Gasteiger partial charge >= 0.3 is 5.97 Å². The van der Waals surface area contributed by atoms with Crippen LogP contribution >= 0.6 is 11.7 Å². The van der Waals surface area contributed by atoms with Gasteiger partial charge in [0.15, 0.2) is 5.75 Å². The Bertz CT molecular complexity index is 543. The van der Waals surface area contributed by atoms with E-state index >= 15 is 0 Å². The van der Waals surface area contributed by atoms with Gasteiger partial charge in [-0.1, -0.05) is 0 Å². The van der Waals surface area contributed by atoms with Gasteiger partial charge in [-0.05, 0) is 12.1 Å². The lowest BCUT2D eigenvalue weighted by Gasteiger charge is -2.05. The third-order valence-corrected chi connectivity index (χ3v) is 2.47. The normalized spacial score (nSPS) is 10.2. The topological polar surface area (TPSA) is 81.2 Å². The maximum Gasteiger partial charge on any atom is 0.308 e. The molecule has 0 aliphatic rings. The second-order valence-corrected chi connectivity index (χ2v) is 3.88. The van der Waals surface area contributed by atoms with E-state index in [1.807, 2.05) is 0 Å². The number of hydrogen-bond acceptors (Lipinski definition) is 6. The van der Waals surface area contributed by atoms with Gasteiger partial charge in [-0.3, -0.25) is 9.59 Å². The zero-order valence-electron chi connectivity index (χ0n) is 9.18. The first-order valence-electron chi connectivity index (χ1n) is 4.79. The molecule has 1 aromatic carbocycles. The van der Waals surface area contributed by atoms with Gasteiger partial charge in [0.1, 0.15) is 11.0 Å². The lowest BCUT2D eigenvalue weighted by molar-refractivity contribution is -0.131. The highest BCUT2D eigenvalue weighted by molar-refractivity contribution is 7.00. The molecule has 1 N–H and O–H groups in total. The van der Waals surface area contributed by atoms with E-state index in [2.05, 4.69) is 14.1 Å². The standard InChI is InChI=1S/C10H9N3O3S/c1-5(14)11-7-3-4-8(16-6(2)15)10-9(7)12-17-13-10/h3-4H,1-2H3,(H,11,14). The van der Waals surface area contributed by atoms with E-state index in [1.54, 1.807) is 12.1 Å². The first-order valence-corrected chi connectivity index (χ1v) is 5.52. The molecular formula is C10H9N3O3S. The molecule has 0 spiro atoms. The number of nitrogens with zero attached hydrogens (tertiary/aromatic N) is 2. The van der Waals surface area contributed by atoms with Crippen LogP contribution in [0.25, 0.3) is 11.0 Å². The van der Waals surface area contributed by atoms with Crippen LogP contribution in [0, 0.1) is 0 Å². The minimum absolute atomic E-state index is 0.195. The van der Waals surface area contributed by atoms with Crippen molar-refractivity contribution in [3.05, 3.63) is 12.1 Å². The Balaban J connectivity index is 2.50. The van der Waals surface area contributed by atoms with Crippen molar-refractivity contribution in [1.29, 1.82) is 0 Å². The molecule has 1 amide bonds. The van der Waals surface area contributed by atoms with E-state index in [1.165, 1.54) is 13.8 Å². The molecule has 17 heavy (non-hydrogen) atoms. The highest BCUT2D eigenvalue weighted by Gasteiger charge is 2.13. The van der Waals surface area contributed by atoms with E-state index in [0.717, 1.165) is 11.7 Å². The Hall–Kier alpha value is -2.02. The summed E-state index contributed by atoms with van der Waals surface area (Å²) in [6.07, 6.45) is 0. The third-order valence-electron chi connectivity index (χ3n) is 1.94. The molecule has 0 aliphatic heterocycles. The largest absolute Gasteiger partial charge is 0.424 e. The highest BCUT2D eigenvalue weighted by Crippen LogP contribution is 2.30. The second-order valence-electron chi connectivity index (χ2n) is 3.35. The number of rotatable bonds is 2. The smallest absolute Gasteiger partial charge is 0.308 e. The van der Waals surface area contributed by atoms with E-state index in [9.17, 15) is 9.59 Å². The number of benzene rings is 1. The van der Waals surface area contributed by atoms with E-state index < -0.39 is 5.97 Å². The highest BCUT2D eigenvalue weighted by atomic mass is 32.1. The van der Waals surface area contributed by atoms with E-state index in [0.29, 0.717) is 22.5 Å². The van der Waals surface area contributed by atoms with Gasteiger partial charge in [0, 0.05) is 13.8 Å². The van der Waals surface area contributed by atoms with Crippen molar-refractivity contribution < 1.29 is 14.3 Å². The molecule has 0 atom stereocenters.